The van der Waals surface area contributed by atoms with Gasteiger partial charge in [0.2, 0.25) is 0 Å². The summed E-state index contributed by atoms with van der Waals surface area (Å²) in [6.07, 6.45) is 0.303. The van der Waals surface area contributed by atoms with Crippen LogP contribution >= 0.6 is 0 Å². The molecule has 0 aliphatic carbocycles. The Bertz CT molecular complexity index is 746. The van der Waals surface area contributed by atoms with E-state index >= 15 is 0 Å². The smallest absolute Gasteiger partial charge is 0.161 e. The summed E-state index contributed by atoms with van der Waals surface area (Å²) in [6.45, 7) is 7.24. The highest BCUT2D eigenvalue weighted by Crippen LogP contribution is 2.28. The van der Waals surface area contributed by atoms with E-state index in [4.69, 9.17) is 18.7 Å². The molecule has 1 fully saturated rings. The number of aromatic nitrogens is 1. The van der Waals surface area contributed by atoms with Crippen LogP contribution in [0.1, 0.15) is 23.9 Å². The zero-order valence-electron chi connectivity index (χ0n) is 17.2. The lowest BCUT2D eigenvalue weighted by Crippen LogP contribution is -2.42. The molecule has 1 saturated heterocycles. The van der Waals surface area contributed by atoms with Crippen LogP contribution in [-0.4, -0.2) is 67.8 Å². The highest BCUT2D eigenvalue weighted by Gasteiger charge is 2.16. The first-order valence-electron chi connectivity index (χ1n) is 10.1. The number of nitrogens with one attached hydrogen (secondary N) is 1. The minimum absolute atomic E-state index is 0.219. The number of aliphatic hydroxyl groups is 1. The van der Waals surface area contributed by atoms with Crippen LogP contribution in [0.4, 0.5) is 0 Å². The zero-order chi connectivity index (χ0) is 20.5. The van der Waals surface area contributed by atoms with E-state index in [9.17, 15) is 5.11 Å². The molecule has 0 spiro atoms. The Morgan fingerprint density at radius 2 is 2.03 bits per heavy atom. The summed E-state index contributed by atoms with van der Waals surface area (Å²) in [6, 6.07) is 7.76. The molecule has 2 aromatic rings. The van der Waals surface area contributed by atoms with Gasteiger partial charge in [0.25, 0.3) is 0 Å². The lowest BCUT2D eigenvalue weighted by atomic mass is 10.2. The molecule has 1 aromatic heterocycles. The van der Waals surface area contributed by atoms with Crippen LogP contribution in [0.3, 0.4) is 0 Å². The number of aryl methyl sites for hydroxylation is 1. The fourth-order valence-corrected chi connectivity index (χ4v) is 3.20. The fraction of sp³-hybridized carbons (Fsp3) is 0.571. The molecule has 8 nitrogen and oxygen atoms in total. The molecule has 1 aromatic carbocycles. The van der Waals surface area contributed by atoms with E-state index in [2.05, 4.69) is 15.4 Å². The summed E-state index contributed by atoms with van der Waals surface area (Å²) in [5, 5.41) is 17.6. The number of hydrogen-bond acceptors (Lipinski definition) is 8. The van der Waals surface area contributed by atoms with Crippen LogP contribution < -0.4 is 14.8 Å². The molecule has 2 N–H and O–H groups in total. The normalized spacial score (nSPS) is 16.0. The lowest BCUT2D eigenvalue weighted by molar-refractivity contribution is 0.00445. The molecule has 0 radical (unpaired) electrons. The molecule has 160 valence electrons. The maximum atomic E-state index is 10.3. The largest absolute Gasteiger partial charge is 0.493 e. The van der Waals surface area contributed by atoms with Gasteiger partial charge in [0, 0.05) is 32.2 Å². The number of ether oxygens (including phenoxy) is 3. The molecule has 0 unspecified atom stereocenters. The van der Waals surface area contributed by atoms with E-state index in [0.717, 1.165) is 36.5 Å². The standard InChI is InChI=1S/C21H31N3O5/c1-3-17-11-19(29-23-17)13-22-12-16-4-5-20(21(10-16)26-2)28-15-18(25)14-24-6-8-27-9-7-24/h4-5,10-11,18,22,25H,3,6-9,12-15H2,1-2H3/t18-/m1/s1. The first kappa shape index (κ1) is 21.6. The maximum absolute atomic E-state index is 10.3. The number of rotatable bonds is 11. The van der Waals surface area contributed by atoms with Crippen LogP contribution in [-0.2, 0) is 24.2 Å². The van der Waals surface area contributed by atoms with Crippen molar-refractivity contribution >= 4 is 0 Å². The summed E-state index contributed by atoms with van der Waals surface area (Å²) in [7, 11) is 1.62. The van der Waals surface area contributed by atoms with Crippen molar-refractivity contribution < 1.29 is 23.8 Å². The molecule has 0 amide bonds. The lowest BCUT2D eigenvalue weighted by Gasteiger charge is -2.28. The van der Waals surface area contributed by atoms with Gasteiger partial charge >= 0.3 is 0 Å². The number of nitrogens with zero attached hydrogens (tertiary/aromatic N) is 2. The molecule has 0 bridgehead atoms. The van der Waals surface area contributed by atoms with Gasteiger partial charge in [0.15, 0.2) is 17.3 Å². The van der Waals surface area contributed by atoms with Crippen molar-refractivity contribution in [3.05, 3.63) is 41.3 Å². The van der Waals surface area contributed by atoms with E-state index in [1.54, 1.807) is 7.11 Å². The Morgan fingerprint density at radius 1 is 1.21 bits per heavy atom. The number of morpholine rings is 1. The van der Waals surface area contributed by atoms with Gasteiger partial charge < -0.3 is 29.2 Å². The highest BCUT2D eigenvalue weighted by molar-refractivity contribution is 5.43. The minimum Gasteiger partial charge on any atom is -0.493 e. The van der Waals surface area contributed by atoms with E-state index in [1.165, 1.54) is 0 Å². The van der Waals surface area contributed by atoms with Crippen molar-refractivity contribution in [2.75, 3.05) is 46.6 Å². The van der Waals surface area contributed by atoms with Crippen LogP contribution in [0.25, 0.3) is 0 Å². The average molecular weight is 405 g/mol. The van der Waals surface area contributed by atoms with Gasteiger partial charge in [0.1, 0.15) is 12.7 Å². The third-order valence-electron chi connectivity index (χ3n) is 4.83. The number of methoxy groups -OCH3 is 1. The second-order valence-corrected chi connectivity index (χ2v) is 7.10. The predicted octanol–water partition coefficient (Wildman–Crippen LogP) is 1.61. The average Bonchev–Trinajstić information content (AvgIpc) is 3.21. The van der Waals surface area contributed by atoms with Crippen molar-refractivity contribution in [3.8, 4) is 11.5 Å². The van der Waals surface area contributed by atoms with Crippen molar-refractivity contribution in [3.63, 3.8) is 0 Å². The molecule has 1 aliphatic heterocycles. The Hall–Kier alpha value is -2.13. The van der Waals surface area contributed by atoms with Gasteiger partial charge in [0.05, 0.1) is 32.6 Å². The molecule has 1 atom stereocenters. The van der Waals surface area contributed by atoms with Gasteiger partial charge in [-0.15, -0.1) is 0 Å². The van der Waals surface area contributed by atoms with Crippen LogP contribution in [0.5, 0.6) is 11.5 Å². The molecule has 29 heavy (non-hydrogen) atoms. The van der Waals surface area contributed by atoms with Gasteiger partial charge in [-0.25, -0.2) is 0 Å². The van der Waals surface area contributed by atoms with Crippen molar-refractivity contribution in [2.24, 2.45) is 0 Å². The molecule has 2 heterocycles. The van der Waals surface area contributed by atoms with Crippen molar-refractivity contribution in [2.45, 2.75) is 32.5 Å². The summed E-state index contributed by atoms with van der Waals surface area (Å²) in [5.41, 5.74) is 2.03. The van der Waals surface area contributed by atoms with Crippen molar-refractivity contribution in [1.29, 1.82) is 0 Å². The number of aliphatic hydroxyl groups excluding tert-OH is 1. The first-order valence-corrected chi connectivity index (χ1v) is 10.1. The number of benzene rings is 1. The molecular formula is C21H31N3O5. The SMILES string of the molecule is CCc1cc(CNCc2ccc(OC[C@H](O)CN3CCOCC3)c(OC)c2)on1. The van der Waals surface area contributed by atoms with Crippen molar-refractivity contribution in [1.82, 2.24) is 15.4 Å². The van der Waals surface area contributed by atoms with E-state index in [1.807, 2.05) is 31.2 Å². The van der Waals surface area contributed by atoms with E-state index < -0.39 is 6.10 Å². The summed E-state index contributed by atoms with van der Waals surface area (Å²) in [5.74, 6) is 2.10. The van der Waals surface area contributed by atoms with E-state index in [0.29, 0.717) is 44.3 Å². The first-order chi connectivity index (χ1) is 14.2. The molecule has 8 heteroatoms. The topological polar surface area (TPSA) is 89.2 Å². The number of β-amino-alcohol motifs (C(OH)–C–C–N with tert-alkyl or cyclic N) is 1. The Labute approximate surface area is 171 Å². The fourth-order valence-electron chi connectivity index (χ4n) is 3.20. The second-order valence-electron chi connectivity index (χ2n) is 7.10. The Kier molecular flexibility index (Phi) is 8.30. The second kappa shape index (κ2) is 11.2. The van der Waals surface area contributed by atoms with Crippen LogP contribution in [0, 0.1) is 0 Å². The monoisotopic (exact) mass is 405 g/mol. The van der Waals surface area contributed by atoms with Crippen LogP contribution in [0.2, 0.25) is 0 Å². The Balaban J connectivity index is 1.46. The number of hydrogen-bond donors (Lipinski definition) is 2. The molecular weight excluding hydrogens is 374 g/mol. The maximum Gasteiger partial charge on any atom is 0.161 e. The Morgan fingerprint density at radius 3 is 2.76 bits per heavy atom. The summed E-state index contributed by atoms with van der Waals surface area (Å²) >= 11 is 0. The minimum atomic E-state index is -0.561. The molecule has 0 saturated carbocycles. The highest BCUT2D eigenvalue weighted by atomic mass is 16.5. The van der Waals surface area contributed by atoms with Gasteiger partial charge in [-0.1, -0.05) is 18.1 Å². The molecule has 1 aliphatic rings. The van der Waals surface area contributed by atoms with Gasteiger partial charge in [-0.2, -0.15) is 0 Å². The summed E-state index contributed by atoms with van der Waals surface area (Å²) in [4.78, 5) is 2.18. The van der Waals surface area contributed by atoms with Gasteiger partial charge in [-0.3, -0.25) is 4.90 Å². The quantitative estimate of drug-likeness (QED) is 0.583. The summed E-state index contributed by atoms with van der Waals surface area (Å²) < 4.78 is 21.9. The zero-order valence-corrected chi connectivity index (χ0v) is 17.2. The molecule has 3 rings (SSSR count). The van der Waals surface area contributed by atoms with Crippen LogP contribution in [0.15, 0.2) is 28.8 Å². The third kappa shape index (κ3) is 6.71. The predicted molar refractivity (Wildman–Crippen MR) is 108 cm³/mol. The van der Waals surface area contributed by atoms with Gasteiger partial charge in [-0.05, 0) is 24.1 Å². The third-order valence-corrected chi connectivity index (χ3v) is 4.83. The van der Waals surface area contributed by atoms with E-state index in [-0.39, 0.29) is 6.61 Å².